The van der Waals surface area contributed by atoms with Crippen molar-refractivity contribution in [3.63, 3.8) is 0 Å². The maximum atomic E-state index is 13.7. The summed E-state index contributed by atoms with van der Waals surface area (Å²) in [6, 6.07) is 4.98. The van der Waals surface area contributed by atoms with Crippen molar-refractivity contribution in [1.29, 1.82) is 0 Å². The molecule has 1 N–H and O–H groups in total. The number of nitrogens with one attached hydrogen (secondary N) is 1. The number of hydrogen-bond acceptors (Lipinski definition) is 3. The van der Waals surface area contributed by atoms with Gasteiger partial charge in [0.15, 0.2) is 0 Å². The van der Waals surface area contributed by atoms with Crippen LogP contribution < -0.4 is 5.32 Å². The average Bonchev–Trinajstić information content (AvgIpc) is 2.78. The van der Waals surface area contributed by atoms with Crippen LogP contribution in [0.2, 0.25) is 0 Å². The summed E-state index contributed by atoms with van der Waals surface area (Å²) in [5, 5.41) is 11.2. The lowest BCUT2D eigenvalue weighted by molar-refractivity contribution is 0.605. The molecule has 0 amide bonds. The fraction of sp³-hybridized carbons (Fsp3) is 0.385. The molecule has 2 aromatic rings. The number of benzene rings is 1. The lowest BCUT2D eigenvalue weighted by Gasteiger charge is -2.05. The number of aryl methyl sites for hydroxylation is 1. The Kier molecular flexibility index (Phi) is 4.04. The Morgan fingerprint density at radius 3 is 2.94 bits per heavy atom. The van der Waals surface area contributed by atoms with Crippen LogP contribution in [0.4, 0.5) is 4.39 Å². The molecule has 18 heavy (non-hydrogen) atoms. The number of para-hydroxylation sites is 1. The van der Waals surface area contributed by atoms with Crippen LogP contribution in [-0.4, -0.2) is 21.5 Å². The maximum absolute atomic E-state index is 13.7. The minimum Gasteiger partial charge on any atom is -0.311 e. The molecule has 0 aliphatic carbocycles. The smallest absolute Gasteiger partial charge is 0.149 e. The lowest BCUT2D eigenvalue weighted by atomic mass is 10.2. The van der Waals surface area contributed by atoms with E-state index in [-0.39, 0.29) is 5.82 Å². The topological polar surface area (TPSA) is 42.7 Å². The highest BCUT2D eigenvalue weighted by molar-refractivity contribution is 5.40. The Morgan fingerprint density at radius 2 is 2.22 bits per heavy atom. The first-order valence-corrected chi connectivity index (χ1v) is 6.09. The number of nitrogens with zero attached hydrogens (tertiary/aromatic N) is 3. The zero-order valence-corrected chi connectivity index (χ0v) is 10.7. The van der Waals surface area contributed by atoms with Crippen LogP contribution in [0, 0.1) is 12.7 Å². The molecule has 0 saturated carbocycles. The fourth-order valence-electron chi connectivity index (χ4n) is 1.80. The van der Waals surface area contributed by atoms with Crippen molar-refractivity contribution in [2.75, 3.05) is 6.54 Å². The Hall–Kier alpha value is -1.75. The van der Waals surface area contributed by atoms with Crippen LogP contribution in [0.5, 0.6) is 0 Å². The Bertz CT molecular complexity index is 501. The van der Waals surface area contributed by atoms with Gasteiger partial charge in [0.25, 0.3) is 0 Å². The molecule has 0 fully saturated rings. The summed E-state index contributed by atoms with van der Waals surface area (Å²) in [7, 11) is 0. The van der Waals surface area contributed by atoms with Crippen molar-refractivity contribution >= 4 is 0 Å². The van der Waals surface area contributed by atoms with Gasteiger partial charge in [-0.25, -0.2) is 9.07 Å². The van der Waals surface area contributed by atoms with Gasteiger partial charge in [-0.3, -0.25) is 0 Å². The van der Waals surface area contributed by atoms with Crippen LogP contribution in [-0.2, 0) is 6.54 Å². The van der Waals surface area contributed by atoms with E-state index >= 15 is 0 Å². The van der Waals surface area contributed by atoms with E-state index in [4.69, 9.17) is 0 Å². The summed E-state index contributed by atoms with van der Waals surface area (Å²) in [6.07, 6.45) is 2.83. The normalized spacial score (nSPS) is 10.8. The Labute approximate surface area is 106 Å². The highest BCUT2D eigenvalue weighted by atomic mass is 19.1. The third kappa shape index (κ3) is 2.73. The van der Waals surface area contributed by atoms with Gasteiger partial charge in [-0.15, -0.1) is 5.10 Å². The first kappa shape index (κ1) is 12.7. The molecule has 1 aromatic heterocycles. The largest absolute Gasteiger partial charge is 0.311 e. The third-order valence-corrected chi connectivity index (χ3v) is 2.69. The van der Waals surface area contributed by atoms with Crippen LogP contribution in [0.25, 0.3) is 5.69 Å². The maximum Gasteiger partial charge on any atom is 0.149 e. The molecule has 96 valence electrons. The molecule has 5 heteroatoms. The van der Waals surface area contributed by atoms with Gasteiger partial charge < -0.3 is 5.32 Å². The molecule has 1 heterocycles. The summed E-state index contributed by atoms with van der Waals surface area (Å²) < 4.78 is 15.2. The highest BCUT2D eigenvalue weighted by Crippen LogP contribution is 2.16. The molecule has 2 rings (SSSR count). The van der Waals surface area contributed by atoms with Crippen LogP contribution >= 0.6 is 0 Å². The minimum absolute atomic E-state index is 0.284. The van der Waals surface area contributed by atoms with E-state index in [9.17, 15) is 4.39 Å². The van der Waals surface area contributed by atoms with Crippen molar-refractivity contribution in [3.05, 3.63) is 41.5 Å². The number of halogens is 1. The second kappa shape index (κ2) is 5.73. The van der Waals surface area contributed by atoms with Gasteiger partial charge in [0.1, 0.15) is 11.5 Å². The molecule has 0 atom stereocenters. The zero-order chi connectivity index (χ0) is 13.0. The highest BCUT2D eigenvalue weighted by Gasteiger charge is 2.09. The molecule has 0 bridgehead atoms. The van der Waals surface area contributed by atoms with Crippen molar-refractivity contribution in [1.82, 2.24) is 20.3 Å². The molecule has 0 saturated heterocycles. The quantitative estimate of drug-likeness (QED) is 0.825. The van der Waals surface area contributed by atoms with Crippen molar-refractivity contribution < 1.29 is 4.39 Å². The Balaban J connectivity index is 2.19. The van der Waals surface area contributed by atoms with E-state index in [2.05, 4.69) is 22.6 Å². The van der Waals surface area contributed by atoms with Crippen molar-refractivity contribution in [3.8, 4) is 5.69 Å². The van der Waals surface area contributed by atoms with E-state index in [0.29, 0.717) is 12.2 Å². The van der Waals surface area contributed by atoms with E-state index < -0.39 is 0 Å². The van der Waals surface area contributed by atoms with Crippen LogP contribution in [0.3, 0.4) is 0 Å². The SMILES string of the molecule is CCCNCc1cn(-c2c(C)cccc2F)nn1. The van der Waals surface area contributed by atoms with E-state index in [1.807, 2.05) is 13.0 Å². The minimum atomic E-state index is -0.284. The summed E-state index contributed by atoms with van der Waals surface area (Å²) in [6.45, 7) is 5.55. The second-order valence-electron chi connectivity index (χ2n) is 4.24. The van der Waals surface area contributed by atoms with Crippen molar-refractivity contribution in [2.45, 2.75) is 26.8 Å². The summed E-state index contributed by atoms with van der Waals surface area (Å²) in [5.74, 6) is -0.284. The Morgan fingerprint density at radius 1 is 1.39 bits per heavy atom. The van der Waals surface area contributed by atoms with Gasteiger partial charge in [0.05, 0.1) is 11.9 Å². The molecule has 0 aliphatic rings. The first-order valence-electron chi connectivity index (χ1n) is 6.09. The molecule has 1 aromatic carbocycles. The predicted octanol–water partition coefficient (Wildman–Crippen LogP) is 2.21. The monoisotopic (exact) mass is 248 g/mol. The molecule has 0 radical (unpaired) electrons. The number of aromatic nitrogens is 3. The van der Waals surface area contributed by atoms with Gasteiger partial charge in [-0.05, 0) is 31.5 Å². The van der Waals surface area contributed by atoms with Gasteiger partial charge in [0, 0.05) is 6.54 Å². The second-order valence-corrected chi connectivity index (χ2v) is 4.24. The fourth-order valence-corrected chi connectivity index (χ4v) is 1.80. The van der Waals surface area contributed by atoms with E-state index in [0.717, 1.165) is 24.2 Å². The van der Waals surface area contributed by atoms with Crippen molar-refractivity contribution in [2.24, 2.45) is 0 Å². The molecular formula is C13H17FN4. The van der Waals surface area contributed by atoms with Gasteiger partial charge in [-0.2, -0.15) is 0 Å². The molecule has 0 unspecified atom stereocenters. The van der Waals surface area contributed by atoms with Gasteiger partial charge in [-0.1, -0.05) is 24.3 Å². The van der Waals surface area contributed by atoms with E-state index in [1.165, 1.54) is 10.7 Å². The van der Waals surface area contributed by atoms with Crippen LogP contribution in [0.15, 0.2) is 24.4 Å². The molecule has 4 nitrogen and oxygen atoms in total. The lowest BCUT2D eigenvalue weighted by Crippen LogP contribution is -2.13. The molecule has 0 spiro atoms. The molecular weight excluding hydrogens is 231 g/mol. The number of hydrogen-bond donors (Lipinski definition) is 1. The van der Waals surface area contributed by atoms with Gasteiger partial charge in [0.2, 0.25) is 0 Å². The van der Waals surface area contributed by atoms with Gasteiger partial charge >= 0.3 is 0 Å². The average molecular weight is 248 g/mol. The van der Waals surface area contributed by atoms with E-state index in [1.54, 1.807) is 12.3 Å². The predicted molar refractivity (Wildman–Crippen MR) is 68.1 cm³/mol. The summed E-state index contributed by atoms with van der Waals surface area (Å²) >= 11 is 0. The zero-order valence-electron chi connectivity index (χ0n) is 10.7. The third-order valence-electron chi connectivity index (χ3n) is 2.69. The molecule has 0 aliphatic heterocycles. The standard InChI is InChI=1S/C13H17FN4/c1-3-7-15-8-11-9-18(17-16-11)13-10(2)5-4-6-12(13)14/h4-6,9,15H,3,7-8H2,1-2H3. The van der Waals surface area contributed by atoms with Crippen LogP contribution in [0.1, 0.15) is 24.6 Å². The summed E-state index contributed by atoms with van der Waals surface area (Å²) in [4.78, 5) is 0. The number of rotatable bonds is 5. The first-order chi connectivity index (χ1) is 8.72. The summed E-state index contributed by atoms with van der Waals surface area (Å²) in [5.41, 5.74) is 2.12.